The van der Waals surface area contributed by atoms with Crippen molar-refractivity contribution >= 4 is 5.82 Å². The molecule has 0 radical (unpaired) electrons. The first-order valence-electron chi connectivity index (χ1n) is 6.56. The molecule has 0 amide bonds. The molecule has 2 atom stereocenters. The Hall–Kier alpha value is -1.09. The van der Waals surface area contributed by atoms with Crippen molar-refractivity contribution < 1.29 is 0 Å². The zero-order chi connectivity index (χ0) is 12.3. The fourth-order valence-electron chi connectivity index (χ4n) is 3.01. The zero-order valence-electron chi connectivity index (χ0n) is 10.9. The average molecular weight is 233 g/mol. The Labute approximate surface area is 104 Å². The predicted molar refractivity (Wildman–Crippen MR) is 71.8 cm³/mol. The standard InChI is InChI=1S/C14H23N3/c1-3-16-12-6-7-14(2,10-12)9-11-5-4-8-17-13(11)15/h4-5,8,12,16H,3,6-7,9-10H2,1-2H3,(H2,15,17). The van der Waals surface area contributed by atoms with Gasteiger partial charge in [0.1, 0.15) is 5.82 Å². The van der Waals surface area contributed by atoms with Crippen LogP contribution in [-0.2, 0) is 6.42 Å². The molecule has 1 aromatic heterocycles. The van der Waals surface area contributed by atoms with Gasteiger partial charge in [-0.3, -0.25) is 0 Å². The molecule has 0 bridgehead atoms. The zero-order valence-corrected chi connectivity index (χ0v) is 10.9. The summed E-state index contributed by atoms with van der Waals surface area (Å²) < 4.78 is 0. The molecule has 1 aliphatic carbocycles. The lowest BCUT2D eigenvalue weighted by Crippen LogP contribution is -2.28. The number of nitrogens with zero attached hydrogens (tertiary/aromatic N) is 1. The second kappa shape index (κ2) is 5.05. The summed E-state index contributed by atoms with van der Waals surface area (Å²) in [5, 5.41) is 3.55. The van der Waals surface area contributed by atoms with Crippen molar-refractivity contribution in [2.24, 2.45) is 5.41 Å². The molecule has 1 heterocycles. The van der Waals surface area contributed by atoms with Gasteiger partial charge in [-0.1, -0.05) is 19.9 Å². The molecule has 0 aliphatic heterocycles. The van der Waals surface area contributed by atoms with Gasteiger partial charge in [0.05, 0.1) is 0 Å². The van der Waals surface area contributed by atoms with Crippen LogP contribution in [0.4, 0.5) is 5.82 Å². The monoisotopic (exact) mass is 233 g/mol. The normalized spacial score (nSPS) is 28.5. The van der Waals surface area contributed by atoms with Gasteiger partial charge in [0, 0.05) is 12.2 Å². The Bertz CT molecular complexity index is 377. The van der Waals surface area contributed by atoms with E-state index in [1.165, 1.54) is 24.8 Å². The molecule has 0 aromatic carbocycles. The summed E-state index contributed by atoms with van der Waals surface area (Å²) in [6.45, 7) is 5.61. The Morgan fingerprint density at radius 3 is 3.12 bits per heavy atom. The van der Waals surface area contributed by atoms with Crippen LogP contribution in [0.2, 0.25) is 0 Å². The van der Waals surface area contributed by atoms with Crippen LogP contribution in [0, 0.1) is 5.41 Å². The minimum absolute atomic E-state index is 0.379. The Morgan fingerprint density at radius 1 is 1.59 bits per heavy atom. The van der Waals surface area contributed by atoms with E-state index >= 15 is 0 Å². The van der Waals surface area contributed by atoms with E-state index in [9.17, 15) is 0 Å². The van der Waals surface area contributed by atoms with Crippen LogP contribution in [0.25, 0.3) is 0 Å². The third-order valence-electron chi connectivity index (χ3n) is 3.87. The summed E-state index contributed by atoms with van der Waals surface area (Å²) in [4.78, 5) is 4.17. The van der Waals surface area contributed by atoms with Gasteiger partial charge in [-0.2, -0.15) is 0 Å². The Balaban J connectivity index is 2.02. The number of nitrogens with one attached hydrogen (secondary N) is 1. The van der Waals surface area contributed by atoms with Crippen LogP contribution >= 0.6 is 0 Å². The number of hydrogen-bond donors (Lipinski definition) is 2. The van der Waals surface area contributed by atoms with Gasteiger partial charge in [0.2, 0.25) is 0 Å². The molecule has 3 heteroatoms. The summed E-state index contributed by atoms with van der Waals surface area (Å²) in [5.74, 6) is 0.695. The quantitative estimate of drug-likeness (QED) is 0.839. The number of anilines is 1. The van der Waals surface area contributed by atoms with Gasteiger partial charge >= 0.3 is 0 Å². The molecule has 1 aliphatic rings. The first-order valence-corrected chi connectivity index (χ1v) is 6.56. The third kappa shape index (κ3) is 2.97. The molecule has 1 fully saturated rings. The van der Waals surface area contributed by atoms with Gasteiger partial charge in [0.15, 0.2) is 0 Å². The fourth-order valence-corrected chi connectivity index (χ4v) is 3.01. The molecular weight excluding hydrogens is 210 g/mol. The number of hydrogen-bond acceptors (Lipinski definition) is 3. The molecule has 0 saturated heterocycles. The van der Waals surface area contributed by atoms with Crippen LogP contribution in [0.15, 0.2) is 18.3 Å². The lowest BCUT2D eigenvalue weighted by atomic mass is 9.82. The van der Waals surface area contributed by atoms with Crippen molar-refractivity contribution in [3.8, 4) is 0 Å². The van der Waals surface area contributed by atoms with E-state index in [0.717, 1.165) is 13.0 Å². The van der Waals surface area contributed by atoms with E-state index in [-0.39, 0.29) is 0 Å². The number of pyridine rings is 1. The maximum absolute atomic E-state index is 5.92. The van der Waals surface area contributed by atoms with Crippen molar-refractivity contribution in [3.05, 3.63) is 23.9 Å². The highest BCUT2D eigenvalue weighted by Crippen LogP contribution is 2.41. The lowest BCUT2D eigenvalue weighted by molar-refractivity contribution is 0.323. The second-order valence-electron chi connectivity index (χ2n) is 5.53. The van der Waals surface area contributed by atoms with Crippen LogP contribution in [0.3, 0.4) is 0 Å². The first-order chi connectivity index (χ1) is 8.13. The second-order valence-corrected chi connectivity index (χ2v) is 5.53. The smallest absolute Gasteiger partial charge is 0.126 e. The number of nitrogen functional groups attached to an aromatic ring is 1. The van der Waals surface area contributed by atoms with E-state index in [0.29, 0.717) is 17.3 Å². The van der Waals surface area contributed by atoms with Gasteiger partial charge in [-0.05, 0) is 49.3 Å². The molecule has 1 saturated carbocycles. The Kier molecular flexibility index (Phi) is 3.67. The van der Waals surface area contributed by atoms with E-state index in [1.54, 1.807) is 6.20 Å². The van der Waals surface area contributed by atoms with Crippen LogP contribution in [-0.4, -0.2) is 17.6 Å². The Morgan fingerprint density at radius 2 is 2.41 bits per heavy atom. The molecule has 2 unspecified atom stereocenters. The fraction of sp³-hybridized carbons (Fsp3) is 0.643. The summed E-state index contributed by atoms with van der Waals surface area (Å²) in [7, 11) is 0. The molecule has 17 heavy (non-hydrogen) atoms. The molecule has 94 valence electrons. The molecule has 0 spiro atoms. The molecule has 3 N–H and O–H groups in total. The van der Waals surface area contributed by atoms with E-state index in [2.05, 4.69) is 30.2 Å². The van der Waals surface area contributed by atoms with E-state index in [1.807, 2.05) is 6.07 Å². The van der Waals surface area contributed by atoms with Crippen LogP contribution < -0.4 is 11.1 Å². The minimum Gasteiger partial charge on any atom is -0.383 e. The van der Waals surface area contributed by atoms with Crippen molar-refractivity contribution in [2.75, 3.05) is 12.3 Å². The van der Waals surface area contributed by atoms with Crippen molar-refractivity contribution in [2.45, 2.75) is 45.6 Å². The number of aromatic nitrogens is 1. The summed E-state index contributed by atoms with van der Waals surface area (Å²) in [6, 6.07) is 4.77. The predicted octanol–water partition coefficient (Wildman–Crippen LogP) is 2.37. The lowest BCUT2D eigenvalue weighted by Gasteiger charge is -2.25. The topological polar surface area (TPSA) is 50.9 Å². The van der Waals surface area contributed by atoms with E-state index in [4.69, 9.17) is 5.73 Å². The molecule has 3 nitrogen and oxygen atoms in total. The van der Waals surface area contributed by atoms with Gasteiger partial charge in [-0.25, -0.2) is 4.98 Å². The minimum atomic E-state index is 0.379. The molecule has 2 rings (SSSR count). The molecular formula is C14H23N3. The van der Waals surface area contributed by atoms with Gasteiger partial charge < -0.3 is 11.1 Å². The van der Waals surface area contributed by atoms with Gasteiger partial charge in [-0.15, -0.1) is 0 Å². The first kappa shape index (κ1) is 12.4. The maximum atomic E-state index is 5.92. The largest absolute Gasteiger partial charge is 0.383 e. The van der Waals surface area contributed by atoms with Crippen molar-refractivity contribution in [3.63, 3.8) is 0 Å². The summed E-state index contributed by atoms with van der Waals surface area (Å²) in [5.41, 5.74) is 7.50. The highest BCUT2D eigenvalue weighted by Gasteiger charge is 2.35. The van der Waals surface area contributed by atoms with Crippen molar-refractivity contribution in [1.29, 1.82) is 0 Å². The number of nitrogens with two attached hydrogens (primary N) is 1. The van der Waals surface area contributed by atoms with Crippen LogP contribution in [0.5, 0.6) is 0 Å². The van der Waals surface area contributed by atoms with Crippen LogP contribution in [0.1, 0.15) is 38.7 Å². The number of rotatable bonds is 4. The summed E-state index contributed by atoms with van der Waals surface area (Å²) in [6.07, 6.45) is 6.62. The maximum Gasteiger partial charge on any atom is 0.126 e. The third-order valence-corrected chi connectivity index (χ3v) is 3.87. The average Bonchev–Trinajstić information content (AvgIpc) is 2.64. The van der Waals surface area contributed by atoms with E-state index < -0.39 is 0 Å². The van der Waals surface area contributed by atoms with Crippen molar-refractivity contribution in [1.82, 2.24) is 10.3 Å². The van der Waals surface area contributed by atoms with Gasteiger partial charge in [0.25, 0.3) is 0 Å². The highest BCUT2D eigenvalue weighted by molar-refractivity contribution is 5.39. The SMILES string of the molecule is CCNC1CCC(C)(Cc2cccnc2N)C1. The molecule has 1 aromatic rings. The highest BCUT2D eigenvalue weighted by atomic mass is 14.9. The summed E-state index contributed by atoms with van der Waals surface area (Å²) >= 11 is 0.